The molecule has 2 amide bonds. The summed E-state index contributed by atoms with van der Waals surface area (Å²) >= 11 is 0. The maximum Gasteiger partial charge on any atom is 0.286 e. The van der Waals surface area contributed by atoms with Gasteiger partial charge in [-0.2, -0.15) is 4.36 Å². The molecule has 30 heavy (non-hydrogen) atoms. The third-order valence-corrected chi connectivity index (χ3v) is 5.52. The number of amides is 2. The van der Waals surface area contributed by atoms with Crippen LogP contribution in [0.15, 0.2) is 76.4 Å². The van der Waals surface area contributed by atoms with Gasteiger partial charge in [0.1, 0.15) is 5.69 Å². The van der Waals surface area contributed by atoms with Crippen LogP contribution in [0.2, 0.25) is 0 Å². The molecule has 0 bridgehead atoms. The Hall–Kier alpha value is -3.83. The van der Waals surface area contributed by atoms with Crippen LogP contribution in [-0.4, -0.2) is 32.2 Å². The van der Waals surface area contributed by atoms with Crippen LogP contribution in [-0.2, 0) is 14.5 Å². The highest BCUT2D eigenvalue weighted by Gasteiger charge is 2.12. The molecule has 1 N–H and O–H groups in total. The van der Waals surface area contributed by atoms with Gasteiger partial charge < -0.3 is 5.32 Å². The maximum absolute atomic E-state index is 13.0. The van der Waals surface area contributed by atoms with Crippen molar-refractivity contribution in [1.29, 1.82) is 0 Å². The number of anilines is 1. The standard InChI is InChI=1S/C22H18N4O3S/c1-16(27)25-20-8-10-21(11-9-20)30(2,29)26-22(28)18-13-17(14-23-15-18)6-7-19-5-3-4-12-24-19/h3-5,8-15H,1-2H3,(H,25,27). The number of nitrogens with one attached hydrogen (secondary N) is 1. The van der Waals surface area contributed by atoms with Crippen LogP contribution < -0.4 is 5.32 Å². The van der Waals surface area contributed by atoms with Gasteiger partial charge in [-0.3, -0.25) is 14.6 Å². The predicted octanol–water partition coefficient (Wildman–Crippen LogP) is 3.13. The van der Waals surface area contributed by atoms with E-state index in [9.17, 15) is 13.8 Å². The lowest BCUT2D eigenvalue weighted by Gasteiger charge is -2.06. The Kier molecular flexibility index (Phi) is 6.35. The highest BCUT2D eigenvalue weighted by Crippen LogP contribution is 2.17. The summed E-state index contributed by atoms with van der Waals surface area (Å²) in [5.74, 6) is 4.93. The Morgan fingerprint density at radius 2 is 1.83 bits per heavy atom. The molecule has 3 rings (SSSR count). The zero-order valence-corrected chi connectivity index (χ0v) is 17.1. The van der Waals surface area contributed by atoms with Gasteiger partial charge in [-0.05, 0) is 48.4 Å². The quantitative estimate of drug-likeness (QED) is 0.659. The molecule has 0 saturated heterocycles. The van der Waals surface area contributed by atoms with Gasteiger partial charge in [0.2, 0.25) is 5.91 Å². The van der Waals surface area contributed by atoms with Crippen molar-refractivity contribution in [2.45, 2.75) is 11.8 Å². The van der Waals surface area contributed by atoms with Crippen molar-refractivity contribution in [1.82, 2.24) is 9.97 Å². The van der Waals surface area contributed by atoms with E-state index in [1.165, 1.54) is 25.6 Å². The number of nitrogens with zero attached hydrogens (tertiary/aromatic N) is 3. The number of hydrogen-bond acceptors (Lipinski definition) is 5. The van der Waals surface area contributed by atoms with Crippen molar-refractivity contribution in [2.24, 2.45) is 4.36 Å². The maximum atomic E-state index is 13.0. The fourth-order valence-corrected chi connectivity index (χ4v) is 3.62. The molecular weight excluding hydrogens is 400 g/mol. The van der Waals surface area contributed by atoms with E-state index in [2.05, 4.69) is 31.5 Å². The topological polar surface area (TPSA) is 101 Å². The van der Waals surface area contributed by atoms with Crippen LogP contribution in [0.3, 0.4) is 0 Å². The third kappa shape index (κ3) is 5.59. The first-order valence-electron chi connectivity index (χ1n) is 8.86. The molecule has 0 spiro atoms. The van der Waals surface area contributed by atoms with Crippen molar-refractivity contribution in [3.05, 3.63) is 83.9 Å². The summed E-state index contributed by atoms with van der Waals surface area (Å²) in [6.07, 6.45) is 5.90. The van der Waals surface area contributed by atoms with Crippen molar-refractivity contribution < 1.29 is 13.8 Å². The minimum Gasteiger partial charge on any atom is -0.326 e. The van der Waals surface area contributed by atoms with Gasteiger partial charge in [-0.15, -0.1) is 0 Å². The summed E-state index contributed by atoms with van der Waals surface area (Å²) in [4.78, 5) is 32.2. The molecule has 150 valence electrons. The first-order valence-corrected chi connectivity index (χ1v) is 10.8. The third-order valence-electron chi connectivity index (χ3n) is 3.85. The van der Waals surface area contributed by atoms with Crippen LogP contribution in [0.4, 0.5) is 5.69 Å². The van der Waals surface area contributed by atoms with Gasteiger partial charge in [0.15, 0.2) is 0 Å². The van der Waals surface area contributed by atoms with E-state index in [-0.39, 0.29) is 11.5 Å². The SMILES string of the molecule is CC(=O)Nc1ccc(S(C)(=O)=NC(=O)c2cncc(C#Cc3ccccn3)c2)cc1. The Labute approximate surface area is 174 Å². The molecule has 2 heterocycles. The first kappa shape index (κ1) is 20.9. The van der Waals surface area contributed by atoms with E-state index in [1.54, 1.807) is 48.7 Å². The minimum absolute atomic E-state index is 0.187. The summed E-state index contributed by atoms with van der Waals surface area (Å²) in [7, 11) is -2.98. The zero-order valence-electron chi connectivity index (χ0n) is 16.3. The second-order valence-corrected chi connectivity index (χ2v) is 8.59. The van der Waals surface area contributed by atoms with E-state index in [0.717, 1.165) is 0 Å². The highest BCUT2D eigenvalue weighted by atomic mass is 32.2. The fraction of sp³-hybridized carbons (Fsp3) is 0.0909. The lowest BCUT2D eigenvalue weighted by Crippen LogP contribution is -2.07. The monoisotopic (exact) mass is 418 g/mol. The molecule has 1 unspecified atom stereocenters. The molecular formula is C22H18N4O3S. The Balaban J connectivity index is 1.84. The van der Waals surface area contributed by atoms with E-state index in [0.29, 0.717) is 21.8 Å². The van der Waals surface area contributed by atoms with Crippen LogP contribution >= 0.6 is 0 Å². The molecule has 8 heteroatoms. The summed E-state index contributed by atoms with van der Waals surface area (Å²) in [5, 5.41) is 2.63. The molecule has 3 aromatic rings. The Bertz CT molecular complexity index is 1270. The largest absolute Gasteiger partial charge is 0.326 e. The molecule has 1 aromatic carbocycles. The average Bonchev–Trinajstić information content (AvgIpc) is 2.73. The van der Waals surface area contributed by atoms with E-state index in [1.807, 2.05) is 6.07 Å². The molecule has 7 nitrogen and oxygen atoms in total. The van der Waals surface area contributed by atoms with Crippen LogP contribution in [0.5, 0.6) is 0 Å². The van der Waals surface area contributed by atoms with Gasteiger partial charge in [-0.25, -0.2) is 9.19 Å². The highest BCUT2D eigenvalue weighted by molar-refractivity contribution is 7.93. The molecule has 0 saturated carbocycles. The smallest absolute Gasteiger partial charge is 0.286 e. The summed E-state index contributed by atoms with van der Waals surface area (Å²) in [6, 6.07) is 13.3. The Morgan fingerprint density at radius 3 is 2.50 bits per heavy atom. The second kappa shape index (κ2) is 9.11. The number of rotatable bonds is 3. The second-order valence-electron chi connectivity index (χ2n) is 6.33. The molecule has 0 fully saturated rings. The normalized spacial score (nSPS) is 12.1. The molecule has 1 atom stereocenters. The lowest BCUT2D eigenvalue weighted by molar-refractivity contribution is -0.114. The number of benzene rings is 1. The van der Waals surface area contributed by atoms with Crippen molar-refractivity contribution >= 4 is 27.2 Å². The predicted molar refractivity (Wildman–Crippen MR) is 114 cm³/mol. The van der Waals surface area contributed by atoms with E-state index < -0.39 is 15.6 Å². The molecule has 2 aromatic heterocycles. The number of aromatic nitrogens is 2. The van der Waals surface area contributed by atoms with E-state index in [4.69, 9.17) is 0 Å². The summed E-state index contributed by atoms with van der Waals surface area (Å²) in [6.45, 7) is 1.40. The van der Waals surface area contributed by atoms with Crippen molar-refractivity contribution in [2.75, 3.05) is 11.6 Å². The summed E-state index contributed by atoms with van der Waals surface area (Å²) < 4.78 is 16.9. The van der Waals surface area contributed by atoms with E-state index >= 15 is 0 Å². The number of carbonyl (C=O) groups is 2. The first-order chi connectivity index (χ1) is 14.3. The molecule has 0 aliphatic rings. The number of pyridine rings is 2. The van der Waals surface area contributed by atoms with Gasteiger partial charge in [0, 0.05) is 47.9 Å². The van der Waals surface area contributed by atoms with Crippen LogP contribution in [0.25, 0.3) is 0 Å². The van der Waals surface area contributed by atoms with Gasteiger partial charge in [0.25, 0.3) is 5.91 Å². The number of carbonyl (C=O) groups excluding carboxylic acids is 2. The zero-order chi connectivity index (χ0) is 21.6. The average molecular weight is 418 g/mol. The van der Waals surface area contributed by atoms with Gasteiger partial charge in [0.05, 0.1) is 15.3 Å². The van der Waals surface area contributed by atoms with Gasteiger partial charge in [-0.1, -0.05) is 12.0 Å². The number of hydrogen-bond donors (Lipinski definition) is 1. The van der Waals surface area contributed by atoms with Crippen molar-refractivity contribution in [3.63, 3.8) is 0 Å². The van der Waals surface area contributed by atoms with Crippen LogP contribution in [0, 0.1) is 11.8 Å². The molecule has 0 aliphatic heterocycles. The van der Waals surface area contributed by atoms with Gasteiger partial charge >= 0.3 is 0 Å². The Morgan fingerprint density at radius 1 is 1.07 bits per heavy atom. The fourth-order valence-electron chi connectivity index (χ4n) is 2.46. The molecule has 0 aliphatic carbocycles. The molecule has 0 radical (unpaired) electrons. The van der Waals surface area contributed by atoms with Crippen LogP contribution in [0.1, 0.15) is 28.5 Å². The van der Waals surface area contributed by atoms with Crippen molar-refractivity contribution in [3.8, 4) is 11.8 Å². The summed E-state index contributed by atoms with van der Waals surface area (Å²) in [5.41, 5.74) is 1.87. The lowest BCUT2D eigenvalue weighted by atomic mass is 10.2. The minimum atomic E-state index is -2.98.